The second kappa shape index (κ2) is 10.9. The maximum absolute atomic E-state index is 13.2. The minimum Gasteiger partial charge on any atom is -0.497 e. The quantitative estimate of drug-likeness (QED) is 0.580. The Balaban J connectivity index is 1.81. The summed E-state index contributed by atoms with van der Waals surface area (Å²) < 4.78 is 5.21. The lowest BCUT2D eigenvalue weighted by Gasteiger charge is -2.30. The van der Waals surface area contributed by atoms with Gasteiger partial charge in [-0.3, -0.25) is 14.6 Å². The minimum absolute atomic E-state index is 0.157. The van der Waals surface area contributed by atoms with E-state index in [1.807, 2.05) is 66.7 Å². The summed E-state index contributed by atoms with van der Waals surface area (Å²) in [5.41, 5.74) is 2.87. The molecule has 0 fully saturated rings. The molecule has 0 spiro atoms. The second-order valence-electron chi connectivity index (χ2n) is 7.27. The van der Waals surface area contributed by atoms with Gasteiger partial charge in [0.05, 0.1) is 7.11 Å². The Morgan fingerprint density at radius 1 is 0.935 bits per heavy atom. The van der Waals surface area contributed by atoms with Crippen LogP contribution in [0.25, 0.3) is 0 Å². The van der Waals surface area contributed by atoms with Crippen LogP contribution in [0, 0.1) is 0 Å². The zero-order chi connectivity index (χ0) is 22.1. The monoisotopic (exact) mass is 417 g/mol. The van der Waals surface area contributed by atoms with Gasteiger partial charge in [-0.1, -0.05) is 42.5 Å². The molecule has 1 N–H and O–H groups in total. The lowest BCUT2D eigenvalue weighted by atomic mass is 10.0. The molecule has 2 amide bonds. The van der Waals surface area contributed by atoms with Crippen LogP contribution in [0.3, 0.4) is 0 Å². The number of nitrogens with one attached hydrogen (secondary N) is 1. The van der Waals surface area contributed by atoms with Crippen molar-refractivity contribution in [2.45, 2.75) is 32.5 Å². The Hall–Kier alpha value is -3.67. The van der Waals surface area contributed by atoms with Crippen LogP contribution in [-0.2, 0) is 29.1 Å². The highest BCUT2D eigenvalue weighted by Gasteiger charge is 2.28. The molecule has 1 aromatic heterocycles. The van der Waals surface area contributed by atoms with Gasteiger partial charge in [-0.2, -0.15) is 0 Å². The number of hydrogen-bond donors (Lipinski definition) is 1. The number of hydrogen-bond acceptors (Lipinski definition) is 4. The number of pyridine rings is 1. The van der Waals surface area contributed by atoms with Gasteiger partial charge in [0.2, 0.25) is 11.8 Å². The number of benzene rings is 2. The maximum atomic E-state index is 13.2. The molecule has 0 saturated heterocycles. The Morgan fingerprint density at radius 3 is 2.23 bits per heavy atom. The molecule has 0 aliphatic heterocycles. The van der Waals surface area contributed by atoms with Crippen LogP contribution in [0.4, 0.5) is 0 Å². The van der Waals surface area contributed by atoms with Gasteiger partial charge in [-0.05, 0) is 41.0 Å². The number of aromatic nitrogens is 1. The first-order chi connectivity index (χ1) is 15.1. The maximum Gasteiger partial charge on any atom is 0.243 e. The Labute approximate surface area is 182 Å². The fourth-order valence-corrected chi connectivity index (χ4v) is 3.36. The fourth-order valence-electron chi connectivity index (χ4n) is 3.36. The summed E-state index contributed by atoms with van der Waals surface area (Å²) in [6.07, 6.45) is 3.81. The Kier molecular flexibility index (Phi) is 7.76. The molecular weight excluding hydrogens is 390 g/mol. The van der Waals surface area contributed by atoms with Crippen molar-refractivity contribution in [3.63, 3.8) is 0 Å². The van der Waals surface area contributed by atoms with Gasteiger partial charge in [0.15, 0.2) is 0 Å². The highest BCUT2D eigenvalue weighted by Crippen LogP contribution is 2.17. The molecule has 2 aromatic carbocycles. The van der Waals surface area contributed by atoms with Crippen LogP contribution in [0.2, 0.25) is 0 Å². The zero-order valence-electron chi connectivity index (χ0n) is 17.8. The molecule has 3 aromatic rings. The van der Waals surface area contributed by atoms with Crippen molar-refractivity contribution in [2.24, 2.45) is 0 Å². The number of amides is 2. The summed E-state index contributed by atoms with van der Waals surface area (Å²) in [5.74, 6) is 0.397. The van der Waals surface area contributed by atoms with Crippen molar-refractivity contribution in [1.29, 1.82) is 0 Å². The summed E-state index contributed by atoms with van der Waals surface area (Å²) in [4.78, 5) is 31.4. The van der Waals surface area contributed by atoms with Gasteiger partial charge < -0.3 is 15.0 Å². The van der Waals surface area contributed by atoms with Crippen LogP contribution in [0.5, 0.6) is 5.75 Å². The number of nitrogens with zero attached hydrogens (tertiary/aromatic N) is 2. The molecule has 0 unspecified atom stereocenters. The van der Waals surface area contributed by atoms with E-state index >= 15 is 0 Å². The van der Waals surface area contributed by atoms with E-state index in [9.17, 15) is 9.59 Å². The third-order valence-electron chi connectivity index (χ3n) is 5.08. The Morgan fingerprint density at radius 2 is 1.61 bits per heavy atom. The third-order valence-corrected chi connectivity index (χ3v) is 5.08. The molecule has 0 radical (unpaired) electrons. The summed E-state index contributed by atoms with van der Waals surface area (Å²) in [5, 5.41) is 2.98. The molecule has 0 bridgehead atoms. The minimum atomic E-state index is -0.635. The van der Waals surface area contributed by atoms with Gasteiger partial charge in [-0.15, -0.1) is 0 Å². The smallest absolute Gasteiger partial charge is 0.243 e. The van der Waals surface area contributed by atoms with Crippen molar-refractivity contribution in [1.82, 2.24) is 15.2 Å². The zero-order valence-corrected chi connectivity index (χ0v) is 17.8. The number of methoxy groups -OCH3 is 1. The predicted octanol–water partition coefficient (Wildman–Crippen LogP) is 3.37. The van der Waals surface area contributed by atoms with E-state index in [1.54, 1.807) is 24.4 Å². The largest absolute Gasteiger partial charge is 0.497 e. The lowest BCUT2D eigenvalue weighted by Crippen LogP contribution is -2.49. The van der Waals surface area contributed by atoms with Crippen molar-refractivity contribution >= 4 is 11.8 Å². The Bertz CT molecular complexity index is 976. The van der Waals surface area contributed by atoms with Crippen LogP contribution in [-0.4, -0.2) is 34.8 Å². The first-order valence-electron chi connectivity index (χ1n) is 10.2. The summed E-state index contributed by atoms with van der Waals surface area (Å²) >= 11 is 0. The highest BCUT2D eigenvalue weighted by molar-refractivity contribution is 5.87. The fraction of sp³-hybridized carbons (Fsp3) is 0.240. The van der Waals surface area contributed by atoms with Crippen molar-refractivity contribution in [3.8, 4) is 5.75 Å². The third kappa shape index (κ3) is 6.40. The topological polar surface area (TPSA) is 71.5 Å². The second-order valence-corrected chi connectivity index (χ2v) is 7.27. The number of ether oxygens (including phenoxy) is 1. The molecule has 0 aliphatic rings. The summed E-state index contributed by atoms with van der Waals surface area (Å²) in [6, 6.07) is 20.3. The molecule has 0 saturated carbocycles. The first-order valence-corrected chi connectivity index (χ1v) is 10.2. The van der Waals surface area contributed by atoms with Gasteiger partial charge in [0.1, 0.15) is 11.8 Å². The lowest BCUT2D eigenvalue weighted by molar-refractivity contribution is -0.139. The average Bonchev–Trinajstić information content (AvgIpc) is 2.81. The van der Waals surface area contributed by atoms with E-state index in [1.165, 1.54) is 6.92 Å². The standard InChI is InChI=1S/C25H27N3O3/c1-19(29)28(18-22-8-10-23(31-2)11-9-22)24(16-20-6-4-3-5-7-20)25(30)27-17-21-12-14-26-15-13-21/h3-15,24H,16-18H2,1-2H3,(H,27,30)/t24-/m1/s1. The van der Waals surface area contributed by atoms with E-state index in [2.05, 4.69) is 10.3 Å². The van der Waals surface area contributed by atoms with Crippen molar-refractivity contribution in [2.75, 3.05) is 7.11 Å². The van der Waals surface area contributed by atoms with E-state index in [0.717, 1.165) is 22.4 Å². The van der Waals surface area contributed by atoms with Gasteiger partial charge >= 0.3 is 0 Å². The van der Waals surface area contributed by atoms with Gasteiger partial charge in [0.25, 0.3) is 0 Å². The van der Waals surface area contributed by atoms with Crippen LogP contribution in [0.15, 0.2) is 79.1 Å². The van der Waals surface area contributed by atoms with E-state index in [4.69, 9.17) is 4.74 Å². The molecule has 6 nitrogen and oxygen atoms in total. The van der Waals surface area contributed by atoms with E-state index in [-0.39, 0.29) is 11.8 Å². The normalized spacial score (nSPS) is 11.4. The van der Waals surface area contributed by atoms with E-state index < -0.39 is 6.04 Å². The number of carbonyl (C=O) groups excluding carboxylic acids is 2. The van der Waals surface area contributed by atoms with Gasteiger partial charge in [0, 0.05) is 38.8 Å². The molecular formula is C25H27N3O3. The van der Waals surface area contributed by atoms with Crippen LogP contribution >= 0.6 is 0 Å². The highest BCUT2D eigenvalue weighted by atomic mass is 16.5. The van der Waals surface area contributed by atoms with E-state index in [0.29, 0.717) is 19.5 Å². The SMILES string of the molecule is COc1ccc(CN(C(C)=O)[C@H](Cc2ccccc2)C(=O)NCc2ccncc2)cc1. The number of rotatable bonds is 9. The van der Waals surface area contributed by atoms with Crippen molar-refractivity contribution < 1.29 is 14.3 Å². The molecule has 160 valence electrons. The first kappa shape index (κ1) is 22.0. The molecule has 6 heteroatoms. The summed E-state index contributed by atoms with van der Waals surface area (Å²) in [6.45, 7) is 2.21. The molecule has 1 atom stereocenters. The molecule has 0 aliphatic carbocycles. The average molecular weight is 418 g/mol. The van der Waals surface area contributed by atoms with Crippen LogP contribution < -0.4 is 10.1 Å². The molecule has 31 heavy (non-hydrogen) atoms. The van der Waals surface area contributed by atoms with Crippen LogP contribution in [0.1, 0.15) is 23.6 Å². The van der Waals surface area contributed by atoms with Crippen molar-refractivity contribution in [3.05, 3.63) is 95.8 Å². The summed E-state index contributed by atoms with van der Waals surface area (Å²) in [7, 11) is 1.61. The predicted molar refractivity (Wildman–Crippen MR) is 119 cm³/mol. The molecule has 3 rings (SSSR count). The van der Waals surface area contributed by atoms with Gasteiger partial charge in [-0.25, -0.2) is 0 Å². The number of carbonyl (C=O) groups is 2. The molecule has 1 heterocycles.